The predicted octanol–water partition coefficient (Wildman–Crippen LogP) is 3.16. The topological polar surface area (TPSA) is 116 Å². The average Bonchev–Trinajstić information content (AvgIpc) is 2.98. The van der Waals surface area contributed by atoms with E-state index < -0.39 is 20.0 Å². The second-order valence-corrected chi connectivity index (χ2v) is 14.6. The van der Waals surface area contributed by atoms with Crippen molar-refractivity contribution in [1.29, 1.82) is 0 Å². The van der Waals surface area contributed by atoms with Crippen LogP contribution in [0.4, 0.5) is 5.69 Å². The molecule has 1 N–H and O–H groups in total. The molecule has 2 aliphatic rings. The lowest BCUT2D eigenvalue weighted by molar-refractivity contribution is 0.363. The summed E-state index contributed by atoms with van der Waals surface area (Å²) in [6.07, 6.45) is 9.82. The summed E-state index contributed by atoms with van der Waals surface area (Å²) in [4.78, 5) is 10.4. The molecule has 6 rings (SSSR count). The molecule has 4 heterocycles. The van der Waals surface area contributed by atoms with Crippen LogP contribution in [0.25, 0.3) is 21.5 Å². The number of hydrogen-bond acceptors (Lipinski definition) is 8. The highest BCUT2D eigenvalue weighted by Crippen LogP contribution is 2.27. The Hall–Kier alpha value is -2.68. The van der Waals surface area contributed by atoms with Crippen molar-refractivity contribution in [1.82, 2.24) is 23.9 Å². The van der Waals surface area contributed by atoms with Crippen molar-refractivity contribution in [3.8, 4) is 0 Å². The van der Waals surface area contributed by atoms with E-state index in [2.05, 4.69) is 42.2 Å². The summed E-state index contributed by atoms with van der Waals surface area (Å²) in [6.45, 7) is 5.28. The zero-order valence-electron chi connectivity index (χ0n) is 23.1. The molecule has 220 valence electrons. The van der Waals surface area contributed by atoms with Crippen molar-refractivity contribution in [2.45, 2.75) is 0 Å². The number of sulfonamides is 2. The predicted molar refractivity (Wildman–Crippen MR) is 169 cm³/mol. The van der Waals surface area contributed by atoms with Gasteiger partial charge in [0, 0.05) is 103 Å². The first kappa shape index (κ1) is 31.3. The zero-order chi connectivity index (χ0) is 29.5. The molecule has 0 unspecified atom stereocenters. The van der Waals surface area contributed by atoms with Gasteiger partial charge in [-0.25, -0.2) is 16.8 Å². The molecule has 2 fully saturated rings. The third-order valence-electron chi connectivity index (χ3n) is 6.88. The highest BCUT2D eigenvalue weighted by atomic mass is 79.9. The molecule has 2 aromatic heterocycles. The number of pyridine rings is 2. The van der Waals surface area contributed by atoms with Gasteiger partial charge in [-0.05, 0) is 29.7 Å². The molecule has 41 heavy (non-hydrogen) atoms. The van der Waals surface area contributed by atoms with Crippen LogP contribution in [0.1, 0.15) is 0 Å². The van der Waals surface area contributed by atoms with Crippen molar-refractivity contribution in [2.24, 2.45) is 0 Å². The largest absolute Gasteiger partial charge is 0.368 e. The molecule has 2 aromatic carbocycles. The van der Waals surface area contributed by atoms with Gasteiger partial charge in [0.15, 0.2) is 0 Å². The van der Waals surface area contributed by atoms with Crippen LogP contribution in [0.5, 0.6) is 0 Å². The zero-order valence-corrected chi connectivity index (χ0v) is 26.4. The fourth-order valence-electron chi connectivity index (χ4n) is 4.70. The van der Waals surface area contributed by atoms with Gasteiger partial charge in [0.1, 0.15) is 0 Å². The van der Waals surface area contributed by atoms with Crippen LogP contribution in [-0.2, 0) is 20.0 Å². The minimum Gasteiger partial charge on any atom is -0.368 e. The second kappa shape index (κ2) is 14.0. The summed E-state index contributed by atoms with van der Waals surface area (Å²) < 4.78 is 49.0. The van der Waals surface area contributed by atoms with Gasteiger partial charge in [-0.3, -0.25) is 9.97 Å². The number of halogens is 1. The minimum absolute atomic E-state index is 0.542. The highest BCUT2D eigenvalue weighted by Gasteiger charge is 2.24. The van der Waals surface area contributed by atoms with E-state index in [0.717, 1.165) is 34.0 Å². The maximum Gasteiger partial charge on any atom is 0.211 e. The lowest BCUT2D eigenvalue weighted by Crippen LogP contribution is -2.48. The van der Waals surface area contributed by atoms with Crippen LogP contribution in [0.3, 0.4) is 0 Å². The van der Waals surface area contributed by atoms with E-state index in [0.29, 0.717) is 39.3 Å². The van der Waals surface area contributed by atoms with Crippen molar-refractivity contribution in [2.75, 3.05) is 69.8 Å². The van der Waals surface area contributed by atoms with Crippen LogP contribution in [0.15, 0.2) is 77.8 Å². The Labute approximate surface area is 250 Å². The summed E-state index contributed by atoms with van der Waals surface area (Å²) in [6, 6.07) is 16.2. The van der Waals surface area contributed by atoms with Crippen LogP contribution >= 0.6 is 15.9 Å². The van der Waals surface area contributed by atoms with E-state index in [-0.39, 0.29) is 0 Å². The summed E-state index contributed by atoms with van der Waals surface area (Å²) in [5.74, 6) is 0. The summed E-state index contributed by atoms with van der Waals surface area (Å²) in [5, 5.41) is 7.73. The van der Waals surface area contributed by atoms with Crippen molar-refractivity contribution < 1.29 is 16.8 Å². The van der Waals surface area contributed by atoms with E-state index in [1.807, 2.05) is 54.9 Å². The van der Waals surface area contributed by atoms with E-state index in [9.17, 15) is 16.8 Å². The standard InChI is InChI=1S/C14H17N3O2S.C9H6BrN.C5H12N2O2S/c1-20(18,19)17-9-7-16(8-10-17)14-4-2-3-12-11-15-6-5-13(12)14;10-9-3-1-2-7-6-11-5-4-8(7)9;1-10(8,9)7-4-2-6-3-5-7/h2-6,11H,7-10H2,1H3;1-6H;6H,2-5H2,1H3. The molecule has 0 aliphatic carbocycles. The van der Waals surface area contributed by atoms with Gasteiger partial charge in [-0.15, -0.1) is 0 Å². The molecule has 0 spiro atoms. The van der Waals surface area contributed by atoms with Gasteiger partial charge < -0.3 is 10.2 Å². The second-order valence-electron chi connectivity index (χ2n) is 9.77. The van der Waals surface area contributed by atoms with Gasteiger partial charge in [-0.1, -0.05) is 40.2 Å². The Bertz CT molecular complexity index is 1660. The molecule has 0 saturated carbocycles. The number of piperazine rings is 2. The fraction of sp³-hybridized carbons (Fsp3) is 0.357. The number of anilines is 1. The molecule has 0 amide bonds. The number of benzene rings is 2. The third-order valence-corrected chi connectivity index (χ3v) is 10.2. The number of nitrogens with one attached hydrogen (secondary N) is 1. The Balaban J connectivity index is 0.000000156. The summed E-state index contributed by atoms with van der Waals surface area (Å²) >= 11 is 3.47. The normalized spacial score (nSPS) is 16.9. The molecular formula is C28H35BrN6O4S2. The van der Waals surface area contributed by atoms with Crippen molar-refractivity contribution >= 4 is 63.2 Å². The molecule has 10 nitrogen and oxygen atoms in total. The number of hydrogen-bond donors (Lipinski definition) is 1. The van der Waals surface area contributed by atoms with Crippen molar-refractivity contribution in [3.05, 3.63) is 77.8 Å². The molecule has 4 aromatic rings. The summed E-state index contributed by atoms with van der Waals surface area (Å²) in [5.41, 5.74) is 1.15. The average molecular weight is 664 g/mol. The van der Waals surface area contributed by atoms with E-state index >= 15 is 0 Å². The first-order valence-corrected chi connectivity index (χ1v) is 17.7. The molecule has 2 saturated heterocycles. The Morgan fingerprint density at radius 2 is 1.20 bits per heavy atom. The maximum absolute atomic E-state index is 11.5. The SMILES string of the molecule is Brc1cccc2cnccc12.CS(=O)(=O)N1CCN(c2cccc3cnccc23)CC1.CS(=O)(=O)N1CCNCC1. The van der Waals surface area contributed by atoms with Crippen LogP contribution < -0.4 is 10.2 Å². The highest BCUT2D eigenvalue weighted by molar-refractivity contribution is 9.10. The lowest BCUT2D eigenvalue weighted by atomic mass is 10.1. The molecule has 13 heteroatoms. The smallest absolute Gasteiger partial charge is 0.211 e. The molecule has 0 bridgehead atoms. The molecule has 0 radical (unpaired) electrons. The van der Waals surface area contributed by atoms with Gasteiger partial charge in [0.05, 0.1) is 12.5 Å². The number of fused-ring (bicyclic) bond motifs is 2. The monoisotopic (exact) mass is 662 g/mol. The first-order valence-electron chi connectivity index (χ1n) is 13.2. The van der Waals surface area contributed by atoms with Gasteiger partial charge in [-0.2, -0.15) is 8.61 Å². The fourth-order valence-corrected chi connectivity index (χ4v) is 6.89. The van der Waals surface area contributed by atoms with Crippen molar-refractivity contribution in [3.63, 3.8) is 0 Å². The van der Waals surface area contributed by atoms with Gasteiger partial charge >= 0.3 is 0 Å². The number of rotatable bonds is 3. The Morgan fingerprint density at radius 1 is 0.683 bits per heavy atom. The van der Waals surface area contributed by atoms with Gasteiger partial charge in [0.25, 0.3) is 0 Å². The van der Waals surface area contributed by atoms with Gasteiger partial charge in [0.2, 0.25) is 20.0 Å². The van der Waals surface area contributed by atoms with Crippen LogP contribution in [0, 0.1) is 0 Å². The third kappa shape index (κ3) is 8.66. The number of nitrogens with zero attached hydrogens (tertiary/aromatic N) is 5. The maximum atomic E-state index is 11.5. The first-order chi connectivity index (χ1) is 19.5. The minimum atomic E-state index is -3.08. The Morgan fingerprint density at radius 3 is 1.73 bits per heavy atom. The lowest BCUT2D eigenvalue weighted by Gasteiger charge is -2.35. The molecule has 2 aliphatic heterocycles. The summed E-state index contributed by atoms with van der Waals surface area (Å²) in [7, 11) is -6.01. The van der Waals surface area contributed by atoms with Crippen LogP contribution in [0.2, 0.25) is 0 Å². The quantitative estimate of drug-likeness (QED) is 0.356. The van der Waals surface area contributed by atoms with E-state index in [4.69, 9.17) is 0 Å². The Kier molecular flexibility index (Phi) is 10.7. The van der Waals surface area contributed by atoms with E-state index in [1.165, 1.54) is 31.9 Å². The number of aromatic nitrogens is 2. The van der Waals surface area contributed by atoms with E-state index in [1.54, 1.807) is 12.4 Å². The van der Waals surface area contributed by atoms with Crippen LogP contribution in [-0.4, -0.2) is 100 Å². The molecular weight excluding hydrogens is 628 g/mol. The molecule has 0 atom stereocenters.